The van der Waals surface area contributed by atoms with E-state index in [-0.39, 0.29) is 17.6 Å². The monoisotopic (exact) mass is 345 g/mol. The number of hydrogen-bond donors (Lipinski definition) is 3. The van der Waals surface area contributed by atoms with E-state index in [0.29, 0.717) is 17.6 Å². The molecule has 7 heteroatoms. The molecule has 1 aromatic carbocycles. The number of carbonyl (C=O) groups is 2. The standard InChI is InChI=1S/C17H16FN3O2S/c1-10(22)20-16(17(23)21-13-4-5-24-9-13)6-11-8-19-15-7-12(18)2-3-14(11)15/h2-5,7-9,16,19H,6H2,1H3,(H,20,22)(H,21,23)/t16-/m0/s1. The first kappa shape index (κ1) is 16.2. The number of aromatic nitrogens is 1. The highest BCUT2D eigenvalue weighted by molar-refractivity contribution is 7.08. The van der Waals surface area contributed by atoms with E-state index >= 15 is 0 Å². The molecule has 0 unspecified atom stereocenters. The molecule has 0 aliphatic heterocycles. The molecule has 3 N–H and O–H groups in total. The van der Waals surface area contributed by atoms with Crippen LogP contribution in [0.15, 0.2) is 41.2 Å². The third kappa shape index (κ3) is 3.62. The highest BCUT2D eigenvalue weighted by atomic mass is 32.1. The molecule has 0 bridgehead atoms. The Morgan fingerprint density at radius 3 is 2.88 bits per heavy atom. The Morgan fingerprint density at radius 2 is 2.17 bits per heavy atom. The maximum atomic E-state index is 13.3. The van der Waals surface area contributed by atoms with Gasteiger partial charge in [-0.1, -0.05) is 0 Å². The quantitative estimate of drug-likeness (QED) is 0.665. The number of fused-ring (bicyclic) bond motifs is 1. The second-order valence-electron chi connectivity index (χ2n) is 5.46. The normalized spacial score (nSPS) is 12.1. The van der Waals surface area contributed by atoms with Crippen LogP contribution in [0.1, 0.15) is 12.5 Å². The molecule has 5 nitrogen and oxygen atoms in total. The minimum Gasteiger partial charge on any atom is -0.361 e. The Kier molecular flexibility index (Phi) is 4.61. The Hall–Kier alpha value is -2.67. The van der Waals surface area contributed by atoms with Crippen molar-refractivity contribution in [1.82, 2.24) is 10.3 Å². The minimum absolute atomic E-state index is 0.286. The summed E-state index contributed by atoms with van der Waals surface area (Å²) in [6.07, 6.45) is 2.04. The van der Waals surface area contributed by atoms with E-state index in [1.165, 1.54) is 30.4 Å². The van der Waals surface area contributed by atoms with Crippen molar-refractivity contribution in [3.63, 3.8) is 0 Å². The second-order valence-corrected chi connectivity index (χ2v) is 6.24. The Labute approximate surface area is 141 Å². The predicted octanol–water partition coefficient (Wildman–Crippen LogP) is 3.05. The molecule has 24 heavy (non-hydrogen) atoms. The van der Waals surface area contributed by atoms with Crippen molar-refractivity contribution in [2.75, 3.05) is 5.32 Å². The maximum Gasteiger partial charge on any atom is 0.247 e. The lowest BCUT2D eigenvalue weighted by molar-refractivity contribution is -0.125. The molecule has 0 aliphatic carbocycles. The van der Waals surface area contributed by atoms with Crippen LogP contribution in [-0.2, 0) is 16.0 Å². The van der Waals surface area contributed by atoms with Crippen molar-refractivity contribution in [2.24, 2.45) is 0 Å². The van der Waals surface area contributed by atoms with E-state index in [4.69, 9.17) is 0 Å². The molecule has 0 spiro atoms. The molecule has 0 fully saturated rings. The lowest BCUT2D eigenvalue weighted by Crippen LogP contribution is -2.44. The second kappa shape index (κ2) is 6.84. The molecule has 0 aliphatic rings. The van der Waals surface area contributed by atoms with Gasteiger partial charge in [-0.05, 0) is 35.2 Å². The average Bonchev–Trinajstić information content (AvgIpc) is 3.16. The molecule has 1 atom stereocenters. The third-order valence-corrected chi connectivity index (χ3v) is 4.32. The van der Waals surface area contributed by atoms with E-state index < -0.39 is 6.04 Å². The fourth-order valence-corrected chi connectivity index (χ4v) is 3.15. The zero-order valence-electron chi connectivity index (χ0n) is 12.9. The summed E-state index contributed by atoms with van der Waals surface area (Å²) in [5.41, 5.74) is 2.19. The Morgan fingerprint density at radius 1 is 1.33 bits per heavy atom. The number of amides is 2. The van der Waals surface area contributed by atoms with Crippen LogP contribution >= 0.6 is 11.3 Å². The van der Waals surface area contributed by atoms with Crippen molar-refractivity contribution in [2.45, 2.75) is 19.4 Å². The summed E-state index contributed by atoms with van der Waals surface area (Å²) in [6, 6.07) is 5.52. The highest BCUT2D eigenvalue weighted by Gasteiger charge is 2.21. The largest absolute Gasteiger partial charge is 0.361 e. The smallest absolute Gasteiger partial charge is 0.247 e. The van der Waals surface area contributed by atoms with Crippen molar-refractivity contribution in [3.8, 4) is 0 Å². The molecular formula is C17H16FN3O2S. The van der Waals surface area contributed by atoms with Crippen LogP contribution in [0.3, 0.4) is 0 Å². The van der Waals surface area contributed by atoms with Gasteiger partial charge < -0.3 is 15.6 Å². The van der Waals surface area contributed by atoms with Gasteiger partial charge in [0.15, 0.2) is 0 Å². The van der Waals surface area contributed by atoms with E-state index in [1.807, 2.05) is 10.8 Å². The van der Waals surface area contributed by atoms with Gasteiger partial charge in [-0.3, -0.25) is 9.59 Å². The van der Waals surface area contributed by atoms with Gasteiger partial charge >= 0.3 is 0 Å². The zero-order chi connectivity index (χ0) is 17.1. The summed E-state index contributed by atoms with van der Waals surface area (Å²) in [4.78, 5) is 26.9. The average molecular weight is 345 g/mol. The summed E-state index contributed by atoms with van der Waals surface area (Å²) in [5, 5.41) is 9.96. The Balaban J connectivity index is 1.82. The summed E-state index contributed by atoms with van der Waals surface area (Å²) in [5.74, 6) is -0.907. The minimum atomic E-state index is -0.716. The Bertz CT molecular complexity index is 873. The van der Waals surface area contributed by atoms with Gasteiger partial charge in [-0.25, -0.2) is 4.39 Å². The van der Waals surface area contributed by atoms with Crippen LogP contribution in [0.4, 0.5) is 10.1 Å². The summed E-state index contributed by atoms with van der Waals surface area (Å²) >= 11 is 1.47. The van der Waals surface area contributed by atoms with Crippen molar-refractivity contribution < 1.29 is 14.0 Å². The third-order valence-electron chi connectivity index (χ3n) is 3.64. The fraction of sp³-hybridized carbons (Fsp3) is 0.176. The molecule has 2 heterocycles. The fourth-order valence-electron chi connectivity index (χ4n) is 2.57. The van der Waals surface area contributed by atoms with Crippen LogP contribution in [0.2, 0.25) is 0 Å². The van der Waals surface area contributed by atoms with Crippen molar-refractivity contribution in [1.29, 1.82) is 0 Å². The number of rotatable bonds is 5. The predicted molar refractivity (Wildman–Crippen MR) is 92.5 cm³/mol. The number of nitrogens with one attached hydrogen (secondary N) is 3. The lowest BCUT2D eigenvalue weighted by Gasteiger charge is -2.17. The van der Waals surface area contributed by atoms with Gasteiger partial charge in [-0.2, -0.15) is 11.3 Å². The van der Waals surface area contributed by atoms with Crippen LogP contribution in [0, 0.1) is 5.82 Å². The number of anilines is 1. The molecular weight excluding hydrogens is 329 g/mol. The topological polar surface area (TPSA) is 74.0 Å². The van der Waals surface area contributed by atoms with Crippen LogP contribution in [0.25, 0.3) is 10.9 Å². The molecule has 3 aromatic rings. The zero-order valence-corrected chi connectivity index (χ0v) is 13.7. The van der Waals surface area contributed by atoms with E-state index in [2.05, 4.69) is 15.6 Å². The number of H-pyrrole nitrogens is 1. The first-order valence-electron chi connectivity index (χ1n) is 7.38. The van der Waals surface area contributed by atoms with Gasteiger partial charge in [-0.15, -0.1) is 0 Å². The molecule has 2 aromatic heterocycles. The van der Waals surface area contributed by atoms with Gasteiger partial charge in [0, 0.05) is 35.8 Å². The first-order chi connectivity index (χ1) is 11.5. The SMILES string of the molecule is CC(=O)N[C@@H](Cc1c[nH]c2cc(F)ccc12)C(=O)Nc1ccsc1. The van der Waals surface area contributed by atoms with Crippen LogP contribution in [0.5, 0.6) is 0 Å². The number of halogens is 1. The van der Waals surface area contributed by atoms with Gasteiger partial charge in [0.25, 0.3) is 0 Å². The molecule has 124 valence electrons. The van der Waals surface area contributed by atoms with Crippen LogP contribution in [-0.4, -0.2) is 22.8 Å². The number of thiophene rings is 1. The van der Waals surface area contributed by atoms with Crippen molar-refractivity contribution >= 4 is 39.7 Å². The highest BCUT2D eigenvalue weighted by Crippen LogP contribution is 2.21. The van der Waals surface area contributed by atoms with Gasteiger partial charge in [0.1, 0.15) is 11.9 Å². The number of hydrogen-bond acceptors (Lipinski definition) is 3. The molecule has 2 amide bonds. The summed E-state index contributed by atoms with van der Waals surface area (Å²) in [6.45, 7) is 1.37. The van der Waals surface area contributed by atoms with E-state index in [1.54, 1.807) is 18.3 Å². The molecule has 0 saturated carbocycles. The molecule has 0 radical (unpaired) electrons. The molecule has 3 rings (SSSR count). The summed E-state index contributed by atoms with van der Waals surface area (Å²) in [7, 11) is 0. The summed E-state index contributed by atoms with van der Waals surface area (Å²) < 4.78 is 13.3. The van der Waals surface area contributed by atoms with Gasteiger partial charge in [0.2, 0.25) is 11.8 Å². The van der Waals surface area contributed by atoms with Crippen LogP contribution < -0.4 is 10.6 Å². The van der Waals surface area contributed by atoms with E-state index in [0.717, 1.165) is 10.9 Å². The first-order valence-corrected chi connectivity index (χ1v) is 8.33. The van der Waals surface area contributed by atoms with Gasteiger partial charge in [0.05, 0.1) is 5.69 Å². The van der Waals surface area contributed by atoms with Crippen molar-refractivity contribution in [3.05, 3.63) is 52.6 Å². The van der Waals surface area contributed by atoms with E-state index in [9.17, 15) is 14.0 Å². The number of carbonyl (C=O) groups excluding carboxylic acids is 2. The number of aromatic amines is 1. The maximum absolute atomic E-state index is 13.3. The molecule has 0 saturated heterocycles. The lowest BCUT2D eigenvalue weighted by atomic mass is 10.0. The number of benzene rings is 1.